The minimum Gasteiger partial charge on any atom is -0.337 e. The Balaban J connectivity index is 1.69. The summed E-state index contributed by atoms with van der Waals surface area (Å²) in [5.74, 6) is -0.0229. The average molecular weight is 305 g/mol. The van der Waals surface area contributed by atoms with Crippen molar-refractivity contribution in [2.75, 3.05) is 7.05 Å². The lowest BCUT2D eigenvalue weighted by Crippen LogP contribution is -2.25. The summed E-state index contributed by atoms with van der Waals surface area (Å²) < 4.78 is 1.63. The standard InChI is InChI=1S/C19H19N3O/c1-21(19(23)18-12-20-22(2)14-18)13-15-8-10-17(11-9-15)16-6-4-3-5-7-16/h3-12,14H,13H2,1-2H3. The van der Waals surface area contributed by atoms with Crippen LogP contribution in [0.2, 0.25) is 0 Å². The van der Waals surface area contributed by atoms with Gasteiger partial charge in [-0.25, -0.2) is 0 Å². The van der Waals surface area contributed by atoms with Crippen LogP contribution in [0, 0.1) is 0 Å². The number of amides is 1. The summed E-state index contributed by atoms with van der Waals surface area (Å²) in [6, 6.07) is 18.6. The topological polar surface area (TPSA) is 38.1 Å². The van der Waals surface area contributed by atoms with E-state index in [0.717, 1.165) is 5.56 Å². The molecule has 23 heavy (non-hydrogen) atoms. The Morgan fingerprint density at radius 2 is 1.70 bits per heavy atom. The predicted molar refractivity (Wildman–Crippen MR) is 90.9 cm³/mol. The molecule has 1 amide bonds. The van der Waals surface area contributed by atoms with Crippen LogP contribution in [0.3, 0.4) is 0 Å². The van der Waals surface area contributed by atoms with Crippen LogP contribution in [0.4, 0.5) is 0 Å². The molecule has 1 heterocycles. The molecule has 1 aromatic heterocycles. The molecular formula is C19H19N3O. The Labute approximate surface area is 136 Å². The van der Waals surface area contributed by atoms with Gasteiger partial charge in [-0.05, 0) is 16.7 Å². The van der Waals surface area contributed by atoms with Gasteiger partial charge in [0, 0.05) is 26.8 Å². The molecule has 2 aromatic carbocycles. The molecule has 0 radical (unpaired) electrons. The number of hydrogen-bond donors (Lipinski definition) is 0. The molecule has 3 rings (SSSR count). The van der Waals surface area contributed by atoms with E-state index in [-0.39, 0.29) is 5.91 Å². The van der Waals surface area contributed by atoms with Crippen LogP contribution >= 0.6 is 0 Å². The molecule has 0 saturated carbocycles. The van der Waals surface area contributed by atoms with Gasteiger partial charge in [-0.15, -0.1) is 0 Å². The Morgan fingerprint density at radius 1 is 1.04 bits per heavy atom. The van der Waals surface area contributed by atoms with E-state index < -0.39 is 0 Å². The average Bonchev–Trinajstić information content (AvgIpc) is 3.02. The molecule has 4 heteroatoms. The number of carbonyl (C=O) groups is 1. The fourth-order valence-corrected chi connectivity index (χ4v) is 2.53. The summed E-state index contributed by atoms with van der Waals surface area (Å²) in [4.78, 5) is 14.0. The van der Waals surface area contributed by atoms with Gasteiger partial charge in [0.1, 0.15) is 0 Å². The fourth-order valence-electron chi connectivity index (χ4n) is 2.53. The van der Waals surface area contributed by atoms with Gasteiger partial charge in [0.15, 0.2) is 0 Å². The van der Waals surface area contributed by atoms with Crippen molar-refractivity contribution in [3.8, 4) is 11.1 Å². The highest BCUT2D eigenvalue weighted by Gasteiger charge is 2.13. The van der Waals surface area contributed by atoms with Crippen LogP contribution < -0.4 is 0 Å². The quantitative estimate of drug-likeness (QED) is 0.741. The second-order valence-corrected chi connectivity index (χ2v) is 5.63. The molecule has 0 fully saturated rings. The zero-order chi connectivity index (χ0) is 16.2. The highest BCUT2D eigenvalue weighted by molar-refractivity contribution is 5.93. The number of carbonyl (C=O) groups excluding carboxylic acids is 1. The van der Waals surface area contributed by atoms with Gasteiger partial charge in [0.05, 0.1) is 11.8 Å². The molecule has 3 aromatic rings. The molecule has 4 nitrogen and oxygen atoms in total. The van der Waals surface area contributed by atoms with Gasteiger partial charge >= 0.3 is 0 Å². The van der Waals surface area contributed by atoms with Crippen molar-refractivity contribution in [3.63, 3.8) is 0 Å². The third kappa shape index (κ3) is 3.48. The van der Waals surface area contributed by atoms with E-state index in [1.54, 1.807) is 36.1 Å². The zero-order valence-electron chi connectivity index (χ0n) is 13.3. The number of rotatable bonds is 4. The van der Waals surface area contributed by atoms with Gasteiger partial charge in [-0.3, -0.25) is 9.48 Å². The Bertz CT molecular complexity index is 791. The molecule has 116 valence electrons. The number of benzene rings is 2. The highest BCUT2D eigenvalue weighted by atomic mass is 16.2. The van der Waals surface area contributed by atoms with E-state index in [1.165, 1.54) is 11.1 Å². The number of nitrogens with zero attached hydrogens (tertiary/aromatic N) is 3. The van der Waals surface area contributed by atoms with Gasteiger partial charge in [-0.2, -0.15) is 5.10 Å². The summed E-state index contributed by atoms with van der Waals surface area (Å²) in [6.45, 7) is 0.572. The van der Waals surface area contributed by atoms with Gasteiger partial charge < -0.3 is 4.90 Å². The molecule has 0 unspecified atom stereocenters. The fraction of sp³-hybridized carbons (Fsp3) is 0.158. The lowest BCUT2D eigenvalue weighted by atomic mass is 10.0. The largest absolute Gasteiger partial charge is 0.337 e. The van der Waals surface area contributed by atoms with E-state index in [2.05, 4.69) is 41.5 Å². The van der Waals surface area contributed by atoms with Gasteiger partial charge in [0.2, 0.25) is 0 Å². The van der Waals surface area contributed by atoms with Crippen molar-refractivity contribution in [2.24, 2.45) is 7.05 Å². The van der Waals surface area contributed by atoms with Gasteiger partial charge in [-0.1, -0.05) is 54.6 Å². The predicted octanol–water partition coefficient (Wildman–Crippen LogP) is 3.36. The maximum atomic E-state index is 12.3. The molecule has 0 spiro atoms. The van der Waals surface area contributed by atoms with Crippen molar-refractivity contribution < 1.29 is 4.79 Å². The van der Waals surface area contributed by atoms with Crippen molar-refractivity contribution in [3.05, 3.63) is 78.1 Å². The van der Waals surface area contributed by atoms with Crippen molar-refractivity contribution in [1.29, 1.82) is 0 Å². The number of aromatic nitrogens is 2. The summed E-state index contributed by atoms with van der Waals surface area (Å²) >= 11 is 0. The van der Waals surface area contributed by atoms with Crippen LogP contribution in [0.15, 0.2) is 67.0 Å². The van der Waals surface area contributed by atoms with E-state index in [0.29, 0.717) is 12.1 Å². The molecule has 0 N–H and O–H groups in total. The maximum absolute atomic E-state index is 12.3. The van der Waals surface area contributed by atoms with Crippen LogP contribution in [-0.2, 0) is 13.6 Å². The van der Waals surface area contributed by atoms with Crippen LogP contribution in [0.25, 0.3) is 11.1 Å². The SMILES string of the molecule is CN(Cc1ccc(-c2ccccc2)cc1)C(=O)c1cnn(C)c1. The minimum absolute atomic E-state index is 0.0229. The smallest absolute Gasteiger partial charge is 0.257 e. The molecule has 0 atom stereocenters. The van der Waals surface area contributed by atoms with Crippen LogP contribution in [-0.4, -0.2) is 27.6 Å². The van der Waals surface area contributed by atoms with Crippen molar-refractivity contribution in [2.45, 2.75) is 6.54 Å². The van der Waals surface area contributed by atoms with E-state index in [9.17, 15) is 4.79 Å². The first kappa shape index (κ1) is 15.0. The lowest BCUT2D eigenvalue weighted by molar-refractivity contribution is 0.0785. The Morgan fingerprint density at radius 3 is 2.30 bits per heavy atom. The van der Waals surface area contributed by atoms with Crippen molar-refractivity contribution >= 4 is 5.91 Å². The van der Waals surface area contributed by atoms with E-state index >= 15 is 0 Å². The summed E-state index contributed by atoms with van der Waals surface area (Å²) in [5.41, 5.74) is 4.08. The highest BCUT2D eigenvalue weighted by Crippen LogP contribution is 2.19. The zero-order valence-corrected chi connectivity index (χ0v) is 13.3. The van der Waals surface area contributed by atoms with Crippen LogP contribution in [0.1, 0.15) is 15.9 Å². The van der Waals surface area contributed by atoms with Crippen LogP contribution in [0.5, 0.6) is 0 Å². The molecular weight excluding hydrogens is 286 g/mol. The summed E-state index contributed by atoms with van der Waals surface area (Å²) in [6.07, 6.45) is 3.33. The molecule has 0 saturated heterocycles. The second-order valence-electron chi connectivity index (χ2n) is 5.63. The first-order valence-corrected chi connectivity index (χ1v) is 7.52. The Kier molecular flexibility index (Phi) is 4.24. The maximum Gasteiger partial charge on any atom is 0.257 e. The first-order chi connectivity index (χ1) is 11.1. The second kappa shape index (κ2) is 6.48. The normalized spacial score (nSPS) is 10.5. The number of hydrogen-bond acceptors (Lipinski definition) is 2. The van der Waals surface area contributed by atoms with Gasteiger partial charge in [0.25, 0.3) is 5.91 Å². The molecule has 0 aliphatic heterocycles. The Hall–Kier alpha value is -2.88. The minimum atomic E-state index is -0.0229. The summed E-state index contributed by atoms with van der Waals surface area (Å²) in [7, 11) is 3.61. The molecule has 0 aliphatic carbocycles. The number of aryl methyl sites for hydroxylation is 1. The first-order valence-electron chi connectivity index (χ1n) is 7.52. The molecule has 0 bridgehead atoms. The van der Waals surface area contributed by atoms with Crippen molar-refractivity contribution in [1.82, 2.24) is 14.7 Å². The lowest BCUT2D eigenvalue weighted by Gasteiger charge is -2.16. The van der Waals surface area contributed by atoms with E-state index in [4.69, 9.17) is 0 Å². The summed E-state index contributed by atoms with van der Waals surface area (Å²) in [5, 5.41) is 4.04. The third-order valence-corrected chi connectivity index (χ3v) is 3.78. The van der Waals surface area contributed by atoms with E-state index in [1.807, 2.05) is 18.2 Å². The molecule has 0 aliphatic rings. The monoisotopic (exact) mass is 305 g/mol. The third-order valence-electron chi connectivity index (χ3n) is 3.78.